The highest BCUT2D eigenvalue weighted by Crippen LogP contribution is 2.44. The van der Waals surface area contributed by atoms with Crippen LogP contribution in [0.1, 0.15) is 11.3 Å². The molecule has 0 unspecified atom stereocenters. The fourth-order valence-corrected chi connectivity index (χ4v) is 4.43. The van der Waals surface area contributed by atoms with E-state index in [-0.39, 0.29) is 38.7 Å². The number of nitro benzene ring substituents is 2. The van der Waals surface area contributed by atoms with Gasteiger partial charge in [-0.15, -0.1) is 0 Å². The number of benzene rings is 3. The third-order valence-electron chi connectivity index (χ3n) is 5.44. The second-order valence-electron chi connectivity index (χ2n) is 8.06. The molecule has 1 aromatic heterocycles. The van der Waals surface area contributed by atoms with Gasteiger partial charge in [0.2, 0.25) is 5.76 Å². The van der Waals surface area contributed by atoms with Gasteiger partial charge < -0.3 is 4.42 Å². The van der Waals surface area contributed by atoms with Crippen molar-refractivity contribution in [3.05, 3.63) is 114 Å². The zero-order chi connectivity index (χ0) is 28.3. The molecule has 0 spiro atoms. The molecule has 0 bridgehead atoms. The van der Waals surface area contributed by atoms with E-state index >= 15 is 0 Å². The normalized spacial score (nSPS) is 11.4. The number of sulfonamides is 1. The lowest BCUT2D eigenvalue weighted by atomic mass is 9.99. The standard InChI is InChI=1S/C24H17N5O9S/c1-15-8-10-20(11-9-15)39(36,37)26-25-14-21-23(29(34)35)22(16-4-2-6-18(12-16)27(30)31)24(38-21)17-5-3-7-19(13-17)28(32)33/h2-14,26H,1H3. The number of non-ortho nitro benzene ring substituents is 2. The smallest absolute Gasteiger partial charge is 0.324 e. The van der Waals surface area contributed by atoms with Crippen LogP contribution in [0.3, 0.4) is 0 Å². The molecule has 3 aromatic carbocycles. The van der Waals surface area contributed by atoms with Crippen LogP contribution in [0.5, 0.6) is 0 Å². The first-order valence-corrected chi connectivity index (χ1v) is 12.4. The lowest BCUT2D eigenvalue weighted by Gasteiger charge is -2.03. The molecule has 1 heterocycles. The van der Waals surface area contributed by atoms with Crippen LogP contribution in [-0.4, -0.2) is 29.4 Å². The third-order valence-corrected chi connectivity index (χ3v) is 6.68. The van der Waals surface area contributed by atoms with E-state index in [2.05, 4.69) is 5.10 Å². The van der Waals surface area contributed by atoms with Gasteiger partial charge in [-0.1, -0.05) is 42.0 Å². The van der Waals surface area contributed by atoms with Gasteiger partial charge in [0.1, 0.15) is 11.3 Å². The molecule has 0 aliphatic rings. The molecule has 15 heteroatoms. The van der Waals surface area contributed by atoms with Crippen molar-refractivity contribution in [2.45, 2.75) is 11.8 Å². The summed E-state index contributed by atoms with van der Waals surface area (Å²) < 4.78 is 30.8. The van der Waals surface area contributed by atoms with Gasteiger partial charge in [-0.3, -0.25) is 30.3 Å². The summed E-state index contributed by atoms with van der Waals surface area (Å²) in [7, 11) is -4.13. The number of rotatable bonds is 9. The number of hydrogen-bond acceptors (Lipinski definition) is 10. The molecule has 4 aromatic rings. The second-order valence-corrected chi connectivity index (χ2v) is 9.72. The summed E-state index contributed by atoms with van der Waals surface area (Å²) in [5.74, 6) is -0.719. The van der Waals surface area contributed by atoms with Crippen molar-refractivity contribution in [3.63, 3.8) is 0 Å². The largest absolute Gasteiger partial charge is 0.447 e. The number of nitrogens with zero attached hydrogens (tertiary/aromatic N) is 4. The van der Waals surface area contributed by atoms with Crippen molar-refractivity contribution in [2.24, 2.45) is 5.10 Å². The van der Waals surface area contributed by atoms with Crippen LogP contribution in [0, 0.1) is 37.3 Å². The minimum absolute atomic E-state index is 0.0149. The van der Waals surface area contributed by atoms with Gasteiger partial charge in [0.15, 0.2) is 0 Å². The van der Waals surface area contributed by atoms with Crippen molar-refractivity contribution in [2.75, 3.05) is 0 Å². The van der Waals surface area contributed by atoms with Gasteiger partial charge in [0, 0.05) is 29.8 Å². The average Bonchev–Trinajstić information content (AvgIpc) is 3.29. The maximum atomic E-state index is 12.6. The molecule has 39 heavy (non-hydrogen) atoms. The van der Waals surface area contributed by atoms with Gasteiger partial charge in [0.25, 0.3) is 21.4 Å². The summed E-state index contributed by atoms with van der Waals surface area (Å²) in [6, 6.07) is 15.9. The molecule has 0 saturated carbocycles. The highest BCUT2D eigenvalue weighted by molar-refractivity contribution is 7.89. The first kappa shape index (κ1) is 26.6. The molecular formula is C24H17N5O9S. The van der Waals surface area contributed by atoms with Crippen molar-refractivity contribution in [1.82, 2.24) is 4.83 Å². The Morgan fingerprint density at radius 1 is 0.821 bits per heavy atom. The molecule has 1 N–H and O–H groups in total. The number of hydrazone groups is 1. The van der Waals surface area contributed by atoms with Crippen LogP contribution >= 0.6 is 0 Å². The summed E-state index contributed by atoms with van der Waals surface area (Å²) in [6.07, 6.45) is 0.769. The number of furan rings is 1. The van der Waals surface area contributed by atoms with Crippen LogP contribution < -0.4 is 4.83 Å². The van der Waals surface area contributed by atoms with E-state index < -0.39 is 36.2 Å². The molecular weight excluding hydrogens is 534 g/mol. The van der Waals surface area contributed by atoms with Crippen LogP contribution in [0.15, 0.2) is 87.2 Å². The Labute approximate surface area is 219 Å². The molecule has 0 aliphatic carbocycles. The monoisotopic (exact) mass is 551 g/mol. The van der Waals surface area contributed by atoms with Gasteiger partial charge in [-0.25, -0.2) is 0 Å². The highest BCUT2D eigenvalue weighted by Gasteiger charge is 2.32. The first-order valence-electron chi connectivity index (χ1n) is 10.9. The van der Waals surface area contributed by atoms with E-state index in [0.717, 1.165) is 23.9 Å². The Balaban J connectivity index is 1.88. The topological polar surface area (TPSA) is 201 Å². The van der Waals surface area contributed by atoms with Crippen molar-refractivity contribution in [1.29, 1.82) is 0 Å². The molecule has 14 nitrogen and oxygen atoms in total. The van der Waals surface area contributed by atoms with E-state index in [1.165, 1.54) is 48.5 Å². The molecule has 0 saturated heterocycles. The summed E-state index contributed by atoms with van der Waals surface area (Å²) in [6.45, 7) is 1.77. The molecule has 0 atom stereocenters. The van der Waals surface area contributed by atoms with Crippen LogP contribution in [0.25, 0.3) is 22.5 Å². The van der Waals surface area contributed by atoms with Crippen LogP contribution in [0.2, 0.25) is 0 Å². The maximum absolute atomic E-state index is 12.6. The van der Waals surface area contributed by atoms with Crippen LogP contribution in [0.4, 0.5) is 17.1 Å². The third kappa shape index (κ3) is 5.62. The lowest BCUT2D eigenvalue weighted by Crippen LogP contribution is -2.18. The minimum atomic E-state index is -4.13. The van der Waals surface area contributed by atoms with Gasteiger partial charge in [-0.2, -0.15) is 18.4 Å². The molecule has 4 rings (SSSR count). The fraction of sp³-hybridized carbons (Fsp3) is 0.0417. The van der Waals surface area contributed by atoms with Gasteiger partial charge >= 0.3 is 5.69 Å². The number of aryl methyl sites for hydroxylation is 1. The Kier molecular flexibility index (Phi) is 7.17. The van der Waals surface area contributed by atoms with Crippen molar-refractivity contribution in [3.8, 4) is 22.5 Å². The molecule has 198 valence electrons. The minimum Gasteiger partial charge on any atom is -0.447 e. The molecule has 0 amide bonds. The van der Waals surface area contributed by atoms with E-state index in [1.807, 2.05) is 4.83 Å². The maximum Gasteiger partial charge on any atom is 0.324 e. The number of hydrogen-bond donors (Lipinski definition) is 1. The summed E-state index contributed by atoms with van der Waals surface area (Å²) in [5.41, 5.74) is -0.699. The van der Waals surface area contributed by atoms with E-state index in [9.17, 15) is 38.8 Å². The average molecular weight is 551 g/mol. The summed E-state index contributed by atoms with van der Waals surface area (Å²) in [5, 5.41) is 38.4. The quantitative estimate of drug-likeness (QED) is 0.169. The van der Waals surface area contributed by atoms with Crippen LogP contribution in [-0.2, 0) is 10.0 Å². The molecule has 0 aliphatic heterocycles. The Morgan fingerprint density at radius 3 is 1.95 bits per heavy atom. The predicted octanol–water partition coefficient (Wildman–Crippen LogP) is 4.96. The predicted molar refractivity (Wildman–Crippen MR) is 139 cm³/mol. The molecule has 0 radical (unpaired) electrons. The van der Waals surface area contributed by atoms with Crippen molar-refractivity contribution >= 4 is 33.3 Å². The Bertz CT molecular complexity index is 1750. The zero-order valence-electron chi connectivity index (χ0n) is 19.9. The van der Waals surface area contributed by atoms with Gasteiger partial charge in [-0.05, 0) is 24.6 Å². The number of nitro groups is 3. The first-order chi connectivity index (χ1) is 18.5. The van der Waals surface area contributed by atoms with E-state index in [1.54, 1.807) is 19.1 Å². The van der Waals surface area contributed by atoms with Gasteiger partial charge in [0.05, 0.1) is 25.9 Å². The SMILES string of the molecule is Cc1ccc(S(=O)(=O)NN=Cc2oc(-c3cccc([N+](=O)[O-])c3)c(-c3cccc([N+](=O)[O-])c3)c2[N+](=O)[O-])cc1. The lowest BCUT2D eigenvalue weighted by molar-refractivity contribution is -0.385. The van der Waals surface area contributed by atoms with Crippen molar-refractivity contribution < 1.29 is 27.6 Å². The van der Waals surface area contributed by atoms with E-state index in [0.29, 0.717) is 0 Å². The molecule has 0 fully saturated rings. The Hall–Kier alpha value is -5.44. The fourth-order valence-electron chi connectivity index (χ4n) is 3.64. The summed E-state index contributed by atoms with van der Waals surface area (Å²) >= 11 is 0. The second kappa shape index (κ2) is 10.5. The highest BCUT2D eigenvalue weighted by atomic mass is 32.2. The summed E-state index contributed by atoms with van der Waals surface area (Å²) in [4.78, 5) is 34.5. The number of nitrogens with one attached hydrogen (secondary N) is 1. The van der Waals surface area contributed by atoms with E-state index in [4.69, 9.17) is 4.42 Å². The zero-order valence-corrected chi connectivity index (χ0v) is 20.7. The Morgan fingerprint density at radius 2 is 1.38 bits per heavy atom.